The molecule has 0 amide bonds. The highest BCUT2D eigenvalue weighted by molar-refractivity contribution is 5.04. The Labute approximate surface area is 90.0 Å². The molecule has 0 spiro atoms. The van der Waals surface area contributed by atoms with Crippen molar-refractivity contribution in [3.8, 4) is 0 Å². The first kappa shape index (κ1) is 13.6. The van der Waals surface area contributed by atoms with Gasteiger partial charge in [0.15, 0.2) is 0 Å². The third kappa shape index (κ3) is 1.61. The summed E-state index contributed by atoms with van der Waals surface area (Å²) in [6.07, 6.45) is -10.1. The van der Waals surface area contributed by atoms with Crippen LogP contribution in [0, 0.1) is 16.7 Å². The number of halogens is 6. The topological polar surface area (TPSA) is 0 Å². The van der Waals surface area contributed by atoms with Crippen molar-refractivity contribution in [1.82, 2.24) is 0 Å². The third-order valence-corrected chi connectivity index (χ3v) is 4.37. The monoisotopic (exact) mass is 248 g/mol. The average molecular weight is 248 g/mol. The van der Waals surface area contributed by atoms with Gasteiger partial charge in [-0.2, -0.15) is 26.3 Å². The summed E-state index contributed by atoms with van der Waals surface area (Å²) in [5, 5.41) is 0. The summed E-state index contributed by atoms with van der Waals surface area (Å²) < 4.78 is 76.6. The molecule has 0 saturated heterocycles. The van der Waals surface area contributed by atoms with Gasteiger partial charge in [-0.15, -0.1) is 0 Å². The molecular formula is C10H14F6. The van der Waals surface area contributed by atoms with Gasteiger partial charge in [-0.25, -0.2) is 0 Å². The summed E-state index contributed by atoms with van der Waals surface area (Å²) in [5.41, 5.74) is -4.48. The minimum Gasteiger partial charge on any atom is -0.171 e. The van der Waals surface area contributed by atoms with Crippen molar-refractivity contribution in [3.63, 3.8) is 0 Å². The van der Waals surface area contributed by atoms with E-state index < -0.39 is 41.9 Å². The van der Waals surface area contributed by atoms with Crippen LogP contribution in [0.25, 0.3) is 0 Å². The fourth-order valence-corrected chi connectivity index (χ4v) is 2.43. The first-order valence-electron chi connectivity index (χ1n) is 5.00. The van der Waals surface area contributed by atoms with E-state index in [1.54, 1.807) is 0 Å². The third-order valence-electron chi connectivity index (χ3n) is 4.37. The minimum atomic E-state index is -4.59. The van der Waals surface area contributed by atoms with Crippen LogP contribution in [0.4, 0.5) is 26.3 Å². The molecule has 0 radical (unpaired) electrons. The molecule has 1 fully saturated rings. The van der Waals surface area contributed by atoms with Gasteiger partial charge in [0.05, 0.1) is 10.8 Å². The molecule has 1 aliphatic rings. The maximum atomic E-state index is 12.8. The molecule has 0 aromatic rings. The molecule has 96 valence electrons. The van der Waals surface area contributed by atoms with Crippen LogP contribution < -0.4 is 0 Å². The first-order valence-corrected chi connectivity index (χ1v) is 5.00. The highest BCUT2D eigenvalue weighted by atomic mass is 19.4. The van der Waals surface area contributed by atoms with Crippen LogP contribution in [0.5, 0.6) is 0 Å². The predicted octanol–water partition coefficient (Wildman–Crippen LogP) is 4.55. The molecule has 1 saturated carbocycles. The van der Waals surface area contributed by atoms with Gasteiger partial charge >= 0.3 is 12.4 Å². The number of rotatable bonds is 0. The normalized spacial score (nSPS) is 41.4. The van der Waals surface area contributed by atoms with Gasteiger partial charge in [-0.1, -0.05) is 20.8 Å². The standard InChI is InChI=1S/C10H14F6/c1-6-7(2,9(11,12)13)4-5-8(6,3)10(14,15)16/h6H,4-5H2,1-3H3. The maximum absolute atomic E-state index is 12.8. The van der Waals surface area contributed by atoms with Crippen LogP contribution in [0.15, 0.2) is 0 Å². The van der Waals surface area contributed by atoms with Crippen LogP contribution in [0.1, 0.15) is 33.6 Å². The largest absolute Gasteiger partial charge is 0.394 e. The van der Waals surface area contributed by atoms with E-state index in [0.717, 1.165) is 20.8 Å². The molecule has 0 bridgehead atoms. The molecule has 2 unspecified atom stereocenters. The Hall–Kier alpha value is -0.420. The Morgan fingerprint density at radius 3 is 1.19 bits per heavy atom. The molecule has 0 nitrogen and oxygen atoms in total. The molecule has 0 aromatic heterocycles. The molecule has 0 aromatic carbocycles. The molecule has 16 heavy (non-hydrogen) atoms. The van der Waals surface area contributed by atoms with Gasteiger partial charge in [0.25, 0.3) is 0 Å². The molecule has 1 aliphatic carbocycles. The Morgan fingerprint density at radius 2 is 1.06 bits per heavy atom. The molecular weight excluding hydrogens is 234 g/mol. The maximum Gasteiger partial charge on any atom is 0.394 e. The second kappa shape index (κ2) is 3.29. The summed E-state index contributed by atoms with van der Waals surface area (Å²) in [6, 6.07) is 0. The summed E-state index contributed by atoms with van der Waals surface area (Å²) in [5.74, 6) is -1.46. The van der Waals surface area contributed by atoms with Gasteiger partial charge in [0, 0.05) is 0 Å². The zero-order valence-electron chi connectivity index (χ0n) is 9.26. The van der Waals surface area contributed by atoms with E-state index in [4.69, 9.17) is 0 Å². The van der Waals surface area contributed by atoms with Crippen LogP contribution >= 0.6 is 0 Å². The lowest BCUT2D eigenvalue weighted by molar-refractivity contribution is -0.266. The second-order valence-corrected chi connectivity index (χ2v) is 5.05. The van der Waals surface area contributed by atoms with Crippen molar-refractivity contribution in [3.05, 3.63) is 0 Å². The van der Waals surface area contributed by atoms with Crippen LogP contribution in [0.3, 0.4) is 0 Å². The minimum absolute atomic E-state index is 0.465. The van der Waals surface area contributed by atoms with E-state index in [-0.39, 0.29) is 0 Å². The van der Waals surface area contributed by atoms with Crippen molar-refractivity contribution in [2.24, 2.45) is 16.7 Å². The van der Waals surface area contributed by atoms with Crippen molar-refractivity contribution in [1.29, 1.82) is 0 Å². The fraction of sp³-hybridized carbons (Fsp3) is 1.00. The lowest BCUT2D eigenvalue weighted by atomic mass is 9.71. The van der Waals surface area contributed by atoms with Crippen molar-refractivity contribution >= 4 is 0 Å². The van der Waals surface area contributed by atoms with Crippen molar-refractivity contribution in [2.75, 3.05) is 0 Å². The molecule has 1 rings (SSSR count). The fourth-order valence-electron chi connectivity index (χ4n) is 2.43. The van der Waals surface area contributed by atoms with Gasteiger partial charge in [-0.05, 0) is 18.8 Å². The van der Waals surface area contributed by atoms with Gasteiger partial charge < -0.3 is 0 Å². The summed E-state index contributed by atoms with van der Waals surface area (Å²) in [7, 11) is 0. The molecule has 6 heteroatoms. The van der Waals surface area contributed by atoms with Crippen LogP contribution in [-0.4, -0.2) is 12.4 Å². The van der Waals surface area contributed by atoms with Crippen LogP contribution in [0.2, 0.25) is 0 Å². The summed E-state index contributed by atoms with van der Waals surface area (Å²) in [4.78, 5) is 0. The first-order chi connectivity index (χ1) is 6.86. The quantitative estimate of drug-likeness (QED) is 0.551. The number of hydrogen-bond acceptors (Lipinski definition) is 0. The van der Waals surface area contributed by atoms with Crippen molar-refractivity contribution in [2.45, 2.75) is 46.0 Å². The van der Waals surface area contributed by atoms with E-state index in [0.29, 0.717) is 0 Å². The number of alkyl halides is 6. The molecule has 0 aliphatic heterocycles. The van der Waals surface area contributed by atoms with Crippen molar-refractivity contribution < 1.29 is 26.3 Å². The summed E-state index contributed by atoms with van der Waals surface area (Å²) in [6.45, 7) is 2.82. The molecule has 0 N–H and O–H groups in total. The zero-order chi connectivity index (χ0) is 13.0. The highest BCUT2D eigenvalue weighted by Crippen LogP contribution is 2.65. The highest BCUT2D eigenvalue weighted by Gasteiger charge is 2.69. The number of hydrogen-bond donors (Lipinski definition) is 0. The van der Waals surface area contributed by atoms with Gasteiger partial charge in [-0.3, -0.25) is 0 Å². The summed E-state index contributed by atoms with van der Waals surface area (Å²) >= 11 is 0. The Morgan fingerprint density at radius 1 is 0.812 bits per heavy atom. The van der Waals surface area contributed by atoms with E-state index in [9.17, 15) is 26.3 Å². The van der Waals surface area contributed by atoms with Gasteiger partial charge in [0.1, 0.15) is 0 Å². The van der Waals surface area contributed by atoms with Gasteiger partial charge in [0.2, 0.25) is 0 Å². The lowest BCUT2D eigenvalue weighted by Gasteiger charge is -2.39. The predicted molar refractivity (Wildman–Crippen MR) is 46.7 cm³/mol. The van der Waals surface area contributed by atoms with E-state index in [2.05, 4.69) is 0 Å². The molecule has 0 heterocycles. The van der Waals surface area contributed by atoms with Crippen LogP contribution in [-0.2, 0) is 0 Å². The Balaban J connectivity index is 3.12. The molecule has 2 atom stereocenters. The van der Waals surface area contributed by atoms with E-state index >= 15 is 0 Å². The Kier molecular flexibility index (Phi) is 2.81. The van der Waals surface area contributed by atoms with E-state index in [1.165, 1.54) is 0 Å². The average Bonchev–Trinajstić information content (AvgIpc) is 2.30. The lowest BCUT2D eigenvalue weighted by Crippen LogP contribution is -2.45. The zero-order valence-corrected chi connectivity index (χ0v) is 9.26. The SMILES string of the molecule is CC1C(C)(C(F)(F)F)CCC1(C)C(F)(F)F. The smallest absolute Gasteiger partial charge is 0.171 e. The Bertz CT molecular complexity index is 250. The second-order valence-electron chi connectivity index (χ2n) is 5.05. The van der Waals surface area contributed by atoms with E-state index in [1.807, 2.05) is 0 Å².